The molecule has 1 aliphatic rings. The number of halogens is 1. The van der Waals surface area contributed by atoms with E-state index in [2.05, 4.69) is 16.0 Å². The van der Waals surface area contributed by atoms with Crippen molar-refractivity contribution in [1.82, 2.24) is 4.98 Å². The van der Waals surface area contributed by atoms with Crippen LogP contribution in [0.1, 0.15) is 5.56 Å². The van der Waals surface area contributed by atoms with Gasteiger partial charge in [0.2, 0.25) is 0 Å². The Bertz CT molecular complexity index is 668. The van der Waals surface area contributed by atoms with Gasteiger partial charge in [-0.25, -0.2) is 0 Å². The first-order valence-corrected chi connectivity index (χ1v) is 7.07. The summed E-state index contributed by atoms with van der Waals surface area (Å²) in [5, 5.41) is 10.2. The highest BCUT2D eigenvalue weighted by molar-refractivity contribution is 6.18. The fraction of sp³-hybridized carbons (Fsp3) is 0.333. The van der Waals surface area contributed by atoms with E-state index in [0.29, 0.717) is 18.1 Å². The zero-order valence-corrected chi connectivity index (χ0v) is 11.7. The molecule has 1 saturated heterocycles. The van der Waals surface area contributed by atoms with E-state index in [1.165, 1.54) is 0 Å². The summed E-state index contributed by atoms with van der Waals surface area (Å²) in [7, 11) is 0. The molecule has 0 saturated carbocycles. The molecule has 2 heterocycles. The second-order valence-corrected chi connectivity index (χ2v) is 5.05. The van der Waals surface area contributed by atoms with E-state index in [0.717, 1.165) is 29.7 Å². The van der Waals surface area contributed by atoms with Crippen LogP contribution in [0.25, 0.3) is 10.9 Å². The first-order chi connectivity index (χ1) is 9.83. The van der Waals surface area contributed by atoms with Crippen molar-refractivity contribution in [2.24, 2.45) is 0 Å². The number of nitriles is 1. The molecule has 2 aromatic rings. The molecule has 5 heteroatoms. The Hall–Kier alpha value is -1.83. The van der Waals surface area contributed by atoms with Crippen LogP contribution >= 0.6 is 11.6 Å². The van der Waals surface area contributed by atoms with Crippen LogP contribution in [-0.2, 0) is 4.74 Å². The number of aromatic nitrogens is 1. The van der Waals surface area contributed by atoms with E-state index >= 15 is 0 Å². The van der Waals surface area contributed by atoms with Gasteiger partial charge < -0.3 is 9.64 Å². The van der Waals surface area contributed by atoms with E-state index in [9.17, 15) is 5.26 Å². The molecule has 0 bridgehead atoms. The maximum Gasteiger partial charge on any atom is 0.101 e. The zero-order chi connectivity index (χ0) is 13.9. The third kappa shape index (κ3) is 2.31. The highest BCUT2D eigenvalue weighted by atomic mass is 35.5. The lowest BCUT2D eigenvalue weighted by Gasteiger charge is -2.34. The largest absolute Gasteiger partial charge is 0.373 e. The minimum atomic E-state index is 0.0489. The molecular weight excluding hydrogens is 274 g/mol. The molecular formula is C15H14ClN3O. The number of morpholine rings is 1. The fourth-order valence-electron chi connectivity index (χ4n) is 2.56. The summed E-state index contributed by atoms with van der Waals surface area (Å²) in [5.74, 6) is 0.489. The average Bonchev–Trinajstić information content (AvgIpc) is 2.54. The summed E-state index contributed by atoms with van der Waals surface area (Å²) in [6.07, 6.45) is 1.76. The van der Waals surface area contributed by atoms with E-state index < -0.39 is 0 Å². The normalized spacial score (nSPS) is 19.0. The van der Waals surface area contributed by atoms with Crippen molar-refractivity contribution in [2.75, 3.05) is 30.5 Å². The summed E-state index contributed by atoms with van der Waals surface area (Å²) >= 11 is 5.89. The van der Waals surface area contributed by atoms with Crippen LogP contribution in [0.3, 0.4) is 0 Å². The Morgan fingerprint density at radius 1 is 1.45 bits per heavy atom. The van der Waals surface area contributed by atoms with Gasteiger partial charge in [-0.05, 0) is 24.3 Å². The molecule has 1 atom stereocenters. The van der Waals surface area contributed by atoms with Gasteiger partial charge in [-0.1, -0.05) is 0 Å². The highest BCUT2D eigenvalue weighted by Crippen LogP contribution is 2.29. The van der Waals surface area contributed by atoms with Crippen LogP contribution in [0.5, 0.6) is 0 Å². The summed E-state index contributed by atoms with van der Waals surface area (Å²) in [6.45, 7) is 2.25. The quantitative estimate of drug-likeness (QED) is 0.797. The molecule has 0 spiro atoms. The minimum Gasteiger partial charge on any atom is -0.373 e. The van der Waals surface area contributed by atoms with Crippen LogP contribution < -0.4 is 4.90 Å². The summed E-state index contributed by atoms with van der Waals surface area (Å²) in [5.41, 5.74) is 2.44. The Labute approximate surface area is 122 Å². The van der Waals surface area contributed by atoms with Crippen molar-refractivity contribution in [3.8, 4) is 6.07 Å². The van der Waals surface area contributed by atoms with Crippen molar-refractivity contribution < 1.29 is 4.74 Å². The molecule has 0 radical (unpaired) electrons. The van der Waals surface area contributed by atoms with Crippen LogP contribution in [0.4, 0.5) is 5.69 Å². The van der Waals surface area contributed by atoms with Gasteiger partial charge >= 0.3 is 0 Å². The van der Waals surface area contributed by atoms with Gasteiger partial charge in [-0.3, -0.25) is 4.98 Å². The van der Waals surface area contributed by atoms with Crippen LogP contribution in [0, 0.1) is 11.3 Å². The molecule has 1 unspecified atom stereocenters. The van der Waals surface area contributed by atoms with Crippen LogP contribution in [0.15, 0.2) is 30.5 Å². The first-order valence-electron chi connectivity index (χ1n) is 6.54. The minimum absolute atomic E-state index is 0.0489. The Morgan fingerprint density at radius 2 is 2.35 bits per heavy atom. The topological polar surface area (TPSA) is 49.2 Å². The molecule has 1 aliphatic heterocycles. The number of hydrogen-bond acceptors (Lipinski definition) is 4. The zero-order valence-electron chi connectivity index (χ0n) is 10.9. The number of anilines is 1. The van der Waals surface area contributed by atoms with Gasteiger partial charge in [-0.2, -0.15) is 5.26 Å². The number of fused-ring (bicyclic) bond motifs is 1. The predicted octanol–water partition coefficient (Wildman–Crippen LogP) is 2.55. The van der Waals surface area contributed by atoms with E-state index in [-0.39, 0.29) is 6.10 Å². The number of rotatable bonds is 2. The SMILES string of the molecule is N#Cc1ccc(N2CCOC(CCl)C2)c2cccnc12. The van der Waals surface area contributed by atoms with Gasteiger partial charge in [0.1, 0.15) is 6.07 Å². The molecule has 3 rings (SSSR count). The van der Waals surface area contributed by atoms with Crippen molar-refractivity contribution in [3.63, 3.8) is 0 Å². The maximum absolute atomic E-state index is 9.18. The van der Waals surface area contributed by atoms with E-state index in [1.54, 1.807) is 6.20 Å². The lowest BCUT2D eigenvalue weighted by atomic mass is 10.1. The van der Waals surface area contributed by atoms with E-state index in [1.807, 2.05) is 24.3 Å². The second-order valence-electron chi connectivity index (χ2n) is 4.74. The number of nitrogens with zero attached hydrogens (tertiary/aromatic N) is 3. The van der Waals surface area contributed by atoms with Crippen LogP contribution in [-0.4, -0.2) is 36.7 Å². The lowest BCUT2D eigenvalue weighted by molar-refractivity contribution is 0.0555. The van der Waals surface area contributed by atoms with Gasteiger partial charge in [0.25, 0.3) is 0 Å². The monoisotopic (exact) mass is 287 g/mol. The number of alkyl halides is 1. The van der Waals surface area contributed by atoms with Crippen LogP contribution in [0.2, 0.25) is 0 Å². The highest BCUT2D eigenvalue weighted by Gasteiger charge is 2.21. The number of hydrogen-bond donors (Lipinski definition) is 0. The molecule has 0 N–H and O–H groups in total. The number of ether oxygens (including phenoxy) is 1. The van der Waals surface area contributed by atoms with Gasteiger partial charge in [0.15, 0.2) is 0 Å². The molecule has 102 valence electrons. The smallest absolute Gasteiger partial charge is 0.101 e. The van der Waals surface area contributed by atoms with Gasteiger partial charge in [0.05, 0.1) is 29.7 Å². The fourth-order valence-corrected chi connectivity index (χ4v) is 2.74. The summed E-state index contributed by atoms with van der Waals surface area (Å²) in [6, 6.07) is 9.91. The van der Waals surface area contributed by atoms with Crippen molar-refractivity contribution in [2.45, 2.75) is 6.10 Å². The Kier molecular flexibility index (Phi) is 3.72. The van der Waals surface area contributed by atoms with Crippen molar-refractivity contribution in [1.29, 1.82) is 5.26 Å². The lowest BCUT2D eigenvalue weighted by Crippen LogP contribution is -2.43. The Balaban J connectivity index is 2.06. The first kappa shape index (κ1) is 13.2. The Morgan fingerprint density at radius 3 is 3.15 bits per heavy atom. The number of benzene rings is 1. The molecule has 0 amide bonds. The summed E-state index contributed by atoms with van der Waals surface area (Å²) < 4.78 is 5.59. The summed E-state index contributed by atoms with van der Waals surface area (Å²) in [4.78, 5) is 6.59. The molecule has 1 fully saturated rings. The molecule has 4 nitrogen and oxygen atoms in total. The third-order valence-corrected chi connectivity index (χ3v) is 3.86. The standard InChI is InChI=1S/C15H14ClN3O/c16-8-12-10-19(6-7-20-12)14-4-3-11(9-17)15-13(14)2-1-5-18-15/h1-5,12H,6-8,10H2. The molecule has 20 heavy (non-hydrogen) atoms. The molecule has 0 aliphatic carbocycles. The second kappa shape index (κ2) is 5.66. The molecule has 1 aromatic carbocycles. The third-order valence-electron chi connectivity index (χ3n) is 3.52. The van der Waals surface area contributed by atoms with Gasteiger partial charge in [-0.15, -0.1) is 11.6 Å². The maximum atomic E-state index is 9.18. The number of pyridine rings is 1. The predicted molar refractivity (Wildman–Crippen MR) is 79.1 cm³/mol. The van der Waals surface area contributed by atoms with E-state index in [4.69, 9.17) is 16.3 Å². The molecule has 1 aromatic heterocycles. The van der Waals surface area contributed by atoms with Gasteiger partial charge in [0, 0.05) is 30.4 Å². The van der Waals surface area contributed by atoms with Crippen molar-refractivity contribution >= 4 is 28.2 Å². The average molecular weight is 288 g/mol. The van der Waals surface area contributed by atoms with Crippen molar-refractivity contribution in [3.05, 3.63) is 36.0 Å².